The van der Waals surface area contributed by atoms with E-state index < -0.39 is 0 Å². The van der Waals surface area contributed by atoms with Crippen LogP contribution in [0.25, 0.3) is 27.8 Å². The molecule has 7 heteroatoms. The second kappa shape index (κ2) is 9.71. The summed E-state index contributed by atoms with van der Waals surface area (Å²) in [6.07, 6.45) is 7.17. The fourth-order valence-corrected chi connectivity index (χ4v) is 4.77. The van der Waals surface area contributed by atoms with Crippen LogP contribution in [0.15, 0.2) is 97.6 Å². The molecule has 1 aliphatic rings. The summed E-state index contributed by atoms with van der Waals surface area (Å²) >= 11 is 0. The highest BCUT2D eigenvalue weighted by Crippen LogP contribution is 2.25. The molecule has 1 amide bonds. The quantitative estimate of drug-likeness (QED) is 0.377. The molecule has 6 rings (SSSR count). The van der Waals surface area contributed by atoms with Gasteiger partial charge in [-0.1, -0.05) is 42.5 Å². The van der Waals surface area contributed by atoms with Gasteiger partial charge in [-0.3, -0.25) is 19.7 Å². The molecule has 0 saturated carbocycles. The zero-order chi connectivity index (χ0) is 24.3. The second-order valence-corrected chi connectivity index (χ2v) is 8.97. The Hall–Kier alpha value is -4.36. The molecule has 5 aromatic rings. The van der Waals surface area contributed by atoms with Crippen molar-refractivity contribution in [2.45, 2.75) is 6.54 Å². The Bertz CT molecular complexity index is 1490. The van der Waals surface area contributed by atoms with E-state index in [1.165, 1.54) is 5.56 Å². The van der Waals surface area contributed by atoms with E-state index in [-0.39, 0.29) is 5.91 Å². The minimum atomic E-state index is 0.00233. The number of hydrogen-bond donors (Lipinski definition) is 0. The van der Waals surface area contributed by atoms with Crippen LogP contribution in [0, 0.1) is 0 Å². The summed E-state index contributed by atoms with van der Waals surface area (Å²) in [5, 5.41) is 5.93. The zero-order valence-corrected chi connectivity index (χ0v) is 19.9. The van der Waals surface area contributed by atoms with E-state index in [2.05, 4.69) is 39.1 Å². The molecule has 3 aromatic heterocycles. The Balaban J connectivity index is 1.21. The molecule has 0 bridgehead atoms. The molecule has 7 nitrogen and oxygen atoms in total. The number of piperazine rings is 1. The fourth-order valence-electron chi connectivity index (χ4n) is 4.77. The minimum absolute atomic E-state index is 0.00233. The van der Waals surface area contributed by atoms with Crippen LogP contribution in [0.2, 0.25) is 0 Å². The van der Waals surface area contributed by atoms with E-state index in [9.17, 15) is 4.79 Å². The van der Waals surface area contributed by atoms with Crippen LogP contribution >= 0.6 is 0 Å². The normalized spacial score (nSPS) is 14.3. The first-order chi connectivity index (χ1) is 17.8. The molecule has 0 unspecified atom stereocenters. The highest BCUT2D eigenvalue weighted by atomic mass is 16.2. The van der Waals surface area contributed by atoms with Gasteiger partial charge in [0.1, 0.15) is 5.69 Å². The van der Waals surface area contributed by atoms with Crippen LogP contribution < -0.4 is 0 Å². The molecule has 178 valence electrons. The maximum atomic E-state index is 13.7. The second-order valence-electron chi connectivity index (χ2n) is 8.97. The van der Waals surface area contributed by atoms with Gasteiger partial charge in [-0.25, -0.2) is 4.68 Å². The van der Waals surface area contributed by atoms with Gasteiger partial charge in [0.2, 0.25) is 0 Å². The molecule has 1 aliphatic heterocycles. The van der Waals surface area contributed by atoms with Gasteiger partial charge in [-0.15, -0.1) is 0 Å². The third-order valence-electron chi connectivity index (χ3n) is 6.67. The highest BCUT2D eigenvalue weighted by Gasteiger charge is 2.27. The van der Waals surface area contributed by atoms with E-state index in [1.807, 2.05) is 65.8 Å². The van der Waals surface area contributed by atoms with Crippen LogP contribution in [0.3, 0.4) is 0 Å². The average Bonchev–Trinajstić information content (AvgIpc) is 3.40. The molecule has 4 heterocycles. The van der Waals surface area contributed by atoms with Crippen LogP contribution in [-0.2, 0) is 6.54 Å². The van der Waals surface area contributed by atoms with E-state index in [1.54, 1.807) is 17.1 Å². The van der Waals surface area contributed by atoms with Crippen molar-refractivity contribution in [3.8, 4) is 16.9 Å². The summed E-state index contributed by atoms with van der Waals surface area (Å²) in [6.45, 7) is 3.78. The lowest BCUT2D eigenvalue weighted by Gasteiger charge is -2.34. The largest absolute Gasteiger partial charge is 0.336 e. The Labute approximate surface area is 209 Å². The van der Waals surface area contributed by atoms with Crippen molar-refractivity contribution in [2.24, 2.45) is 0 Å². The van der Waals surface area contributed by atoms with Gasteiger partial charge >= 0.3 is 0 Å². The molecule has 0 aliphatic carbocycles. The summed E-state index contributed by atoms with van der Waals surface area (Å²) in [5.41, 5.74) is 5.26. The van der Waals surface area contributed by atoms with Crippen molar-refractivity contribution in [3.05, 3.63) is 109 Å². The lowest BCUT2D eigenvalue weighted by Crippen LogP contribution is -2.48. The van der Waals surface area contributed by atoms with Crippen molar-refractivity contribution < 1.29 is 4.79 Å². The summed E-state index contributed by atoms with van der Waals surface area (Å²) in [5.74, 6) is 0.00233. The Morgan fingerprint density at radius 2 is 1.64 bits per heavy atom. The van der Waals surface area contributed by atoms with Gasteiger partial charge in [0.15, 0.2) is 0 Å². The molecular formula is C29H26N6O. The predicted octanol–water partition coefficient (Wildman–Crippen LogP) is 4.44. The molecular weight excluding hydrogens is 448 g/mol. The van der Waals surface area contributed by atoms with Gasteiger partial charge in [0.25, 0.3) is 5.91 Å². The van der Waals surface area contributed by atoms with E-state index >= 15 is 0 Å². The van der Waals surface area contributed by atoms with E-state index in [4.69, 9.17) is 5.10 Å². The number of rotatable bonds is 5. The summed E-state index contributed by atoms with van der Waals surface area (Å²) in [4.78, 5) is 26.9. The van der Waals surface area contributed by atoms with Crippen molar-refractivity contribution >= 4 is 16.8 Å². The van der Waals surface area contributed by atoms with Crippen LogP contribution in [-0.4, -0.2) is 61.6 Å². The average molecular weight is 475 g/mol. The molecule has 0 N–H and O–H groups in total. The number of pyridine rings is 2. The van der Waals surface area contributed by atoms with Gasteiger partial charge in [0.05, 0.1) is 16.8 Å². The zero-order valence-electron chi connectivity index (χ0n) is 19.9. The lowest BCUT2D eigenvalue weighted by molar-refractivity contribution is 0.0629. The maximum absolute atomic E-state index is 13.7. The maximum Gasteiger partial charge on any atom is 0.257 e. The van der Waals surface area contributed by atoms with E-state index in [0.29, 0.717) is 24.3 Å². The van der Waals surface area contributed by atoms with Crippen molar-refractivity contribution in [1.82, 2.24) is 29.5 Å². The fraction of sp³-hybridized carbons (Fsp3) is 0.172. The smallest absolute Gasteiger partial charge is 0.257 e. The number of aromatic nitrogens is 4. The Morgan fingerprint density at radius 1 is 0.833 bits per heavy atom. The number of nitrogens with zero attached hydrogens (tertiary/aromatic N) is 6. The molecule has 0 radical (unpaired) electrons. The lowest BCUT2D eigenvalue weighted by atomic mass is 10.1. The topological polar surface area (TPSA) is 67.2 Å². The standard InChI is InChI=1S/C29H26N6O/c36-29(26-21-35(25-11-2-1-3-12-25)32-28(26)23-10-5-13-30-19-23)34-17-15-33(16-18-34)20-24-8-4-7-22-9-6-14-31-27(22)24/h1-14,19,21H,15-18,20H2. The minimum Gasteiger partial charge on any atom is -0.336 e. The Morgan fingerprint density at radius 3 is 2.44 bits per heavy atom. The van der Waals surface area contributed by atoms with Crippen LogP contribution in [0.4, 0.5) is 0 Å². The number of benzene rings is 2. The number of amides is 1. The van der Waals surface area contributed by atoms with Gasteiger partial charge in [-0.05, 0) is 35.9 Å². The first kappa shape index (κ1) is 22.1. The third kappa shape index (κ3) is 4.36. The van der Waals surface area contributed by atoms with Crippen molar-refractivity contribution in [3.63, 3.8) is 0 Å². The first-order valence-corrected chi connectivity index (χ1v) is 12.2. The van der Waals surface area contributed by atoms with Crippen molar-refractivity contribution in [1.29, 1.82) is 0 Å². The number of para-hydroxylation sites is 2. The third-order valence-corrected chi connectivity index (χ3v) is 6.67. The molecule has 1 saturated heterocycles. The number of carbonyl (C=O) groups excluding carboxylic acids is 1. The molecule has 0 atom stereocenters. The highest BCUT2D eigenvalue weighted by molar-refractivity contribution is 6.00. The van der Waals surface area contributed by atoms with Crippen LogP contribution in [0.1, 0.15) is 15.9 Å². The van der Waals surface area contributed by atoms with Crippen molar-refractivity contribution in [2.75, 3.05) is 26.2 Å². The van der Waals surface area contributed by atoms with Gasteiger partial charge in [-0.2, -0.15) is 5.10 Å². The Kier molecular flexibility index (Phi) is 5.97. The van der Waals surface area contributed by atoms with Crippen LogP contribution in [0.5, 0.6) is 0 Å². The molecule has 0 spiro atoms. The monoisotopic (exact) mass is 474 g/mol. The predicted molar refractivity (Wildman–Crippen MR) is 140 cm³/mol. The molecule has 2 aromatic carbocycles. The summed E-state index contributed by atoms with van der Waals surface area (Å²) in [6, 6.07) is 24.1. The number of hydrogen-bond acceptors (Lipinski definition) is 5. The first-order valence-electron chi connectivity index (χ1n) is 12.2. The van der Waals surface area contributed by atoms with Gasteiger partial charge in [0, 0.05) is 68.5 Å². The number of fused-ring (bicyclic) bond motifs is 1. The summed E-state index contributed by atoms with van der Waals surface area (Å²) in [7, 11) is 0. The van der Waals surface area contributed by atoms with Gasteiger partial charge < -0.3 is 4.90 Å². The van der Waals surface area contributed by atoms with E-state index in [0.717, 1.165) is 41.8 Å². The SMILES string of the molecule is O=C(c1cn(-c2ccccc2)nc1-c1cccnc1)N1CCN(Cc2cccc3cccnc23)CC1. The molecule has 36 heavy (non-hydrogen) atoms. The molecule has 1 fully saturated rings. The summed E-state index contributed by atoms with van der Waals surface area (Å²) < 4.78 is 1.78. The number of carbonyl (C=O) groups is 1.